The topological polar surface area (TPSA) is 38.8 Å². The molecule has 25 heavy (non-hydrogen) atoms. The van der Waals surface area contributed by atoms with Crippen molar-refractivity contribution in [2.75, 3.05) is 6.54 Å². The number of hydrogen-bond donors (Lipinski definition) is 0. The van der Waals surface area contributed by atoms with E-state index in [9.17, 15) is 4.79 Å². The van der Waals surface area contributed by atoms with Gasteiger partial charge in [0, 0.05) is 18.7 Å². The molecule has 0 radical (unpaired) electrons. The lowest BCUT2D eigenvalue weighted by atomic mass is 9.75. The smallest absolute Gasteiger partial charge is 0.399 e. The second kappa shape index (κ2) is 5.85. The summed E-state index contributed by atoms with van der Waals surface area (Å²) in [6, 6.07) is 5.95. The van der Waals surface area contributed by atoms with Gasteiger partial charge in [0.15, 0.2) is 0 Å². The van der Waals surface area contributed by atoms with Gasteiger partial charge in [-0.15, -0.1) is 0 Å². The lowest BCUT2D eigenvalue weighted by Crippen LogP contribution is -2.41. The summed E-state index contributed by atoms with van der Waals surface area (Å²) in [7, 11) is -0.404. The highest BCUT2D eigenvalue weighted by atomic mass is 16.7. The summed E-state index contributed by atoms with van der Waals surface area (Å²) in [4.78, 5) is 14.9. The highest BCUT2D eigenvalue weighted by Crippen LogP contribution is 2.37. The molecule has 5 heteroatoms. The van der Waals surface area contributed by atoms with Crippen molar-refractivity contribution in [3.63, 3.8) is 0 Å². The van der Waals surface area contributed by atoms with Gasteiger partial charge in [-0.3, -0.25) is 4.79 Å². The molecule has 134 valence electrons. The molecular formula is C20H28BNO3. The third-order valence-corrected chi connectivity index (χ3v) is 6.54. The summed E-state index contributed by atoms with van der Waals surface area (Å²) < 4.78 is 12.5. The Bertz CT molecular complexity index is 678. The van der Waals surface area contributed by atoms with E-state index in [0.29, 0.717) is 12.5 Å². The maximum absolute atomic E-state index is 12.9. The van der Waals surface area contributed by atoms with Gasteiger partial charge >= 0.3 is 7.12 Å². The molecular weight excluding hydrogens is 313 g/mol. The number of carbonyl (C=O) groups excluding carboxylic acids is 1. The van der Waals surface area contributed by atoms with E-state index in [4.69, 9.17) is 9.31 Å². The van der Waals surface area contributed by atoms with Crippen LogP contribution in [0.5, 0.6) is 0 Å². The standard InChI is InChI=1S/C20H28BNO3/c1-19(2)20(3,4)25-21(24-19)17-11-7-10-15-16(17)13-22(18(15)23)12-14-8-5-6-9-14/h7,10-11,14H,5-6,8-9,12-13H2,1-4H3. The Hall–Kier alpha value is -1.33. The molecule has 1 saturated carbocycles. The van der Waals surface area contributed by atoms with Crippen molar-refractivity contribution in [2.24, 2.45) is 5.92 Å². The van der Waals surface area contributed by atoms with Crippen LogP contribution in [0.4, 0.5) is 0 Å². The first-order valence-corrected chi connectivity index (χ1v) is 9.55. The fourth-order valence-electron chi connectivity index (χ4n) is 4.26. The van der Waals surface area contributed by atoms with Gasteiger partial charge in [-0.25, -0.2) is 0 Å². The average molecular weight is 341 g/mol. The molecule has 2 fully saturated rings. The van der Waals surface area contributed by atoms with Crippen molar-refractivity contribution < 1.29 is 14.1 Å². The van der Waals surface area contributed by atoms with Crippen LogP contribution in [0.25, 0.3) is 0 Å². The summed E-state index contributed by atoms with van der Waals surface area (Å²) >= 11 is 0. The predicted octanol–water partition coefficient (Wildman–Crippen LogP) is 3.13. The first-order valence-electron chi connectivity index (χ1n) is 9.55. The number of nitrogens with zero attached hydrogens (tertiary/aromatic N) is 1. The van der Waals surface area contributed by atoms with Gasteiger partial charge in [-0.2, -0.15) is 0 Å². The van der Waals surface area contributed by atoms with Crippen molar-refractivity contribution in [1.29, 1.82) is 0 Å². The maximum atomic E-state index is 12.9. The zero-order chi connectivity index (χ0) is 17.8. The molecule has 0 spiro atoms. The number of benzene rings is 1. The summed E-state index contributed by atoms with van der Waals surface area (Å²) in [6.45, 7) is 9.82. The van der Waals surface area contributed by atoms with Gasteiger partial charge < -0.3 is 14.2 Å². The minimum atomic E-state index is -0.404. The van der Waals surface area contributed by atoms with Crippen LogP contribution in [0.1, 0.15) is 69.3 Å². The molecule has 1 aromatic rings. The van der Waals surface area contributed by atoms with Crippen LogP contribution >= 0.6 is 0 Å². The maximum Gasteiger partial charge on any atom is 0.495 e. The molecule has 0 atom stereocenters. The average Bonchev–Trinajstić information content (AvgIpc) is 3.20. The summed E-state index contributed by atoms with van der Waals surface area (Å²) in [6.07, 6.45) is 5.12. The Labute approximate surface area is 151 Å². The zero-order valence-electron chi connectivity index (χ0n) is 15.8. The lowest BCUT2D eigenvalue weighted by molar-refractivity contribution is 0.00578. The van der Waals surface area contributed by atoms with Gasteiger partial charge in [0.25, 0.3) is 5.91 Å². The summed E-state index contributed by atoms with van der Waals surface area (Å²) in [5.74, 6) is 0.832. The van der Waals surface area contributed by atoms with Crippen molar-refractivity contribution in [3.05, 3.63) is 29.3 Å². The molecule has 4 nitrogen and oxygen atoms in total. The normalized spacial score (nSPS) is 25.0. The Kier molecular flexibility index (Phi) is 4.00. The molecule has 0 bridgehead atoms. The lowest BCUT2D eigenvalue weighted by Gasteiger charge is -2.32. The highest BCUT2D eigenvalue weighted by Gasteiger charge is 2.52. The Morgan fingerprint density at radius 1 is 1.12 bits per heavy atom. The van der Waals surface area contributed by atoms with Crippen molar-refractivity contribution in [3.8, 4) is 0 Å². The largest absolute Gasteiger partial charge is 0.495 e. The predicted molar refractivity (Wildman–Crippen MR) is 98.9 cm³/mol. The molecule has 4 rings (SSSR count). The summed E-state index contributed by atoms with van der Waals surface area (Å²) in [5.41, 5.74) is 2.19. The number of carbonyl (C=O) groups is 1. The monoisotopic (exact) mass is 341 g/mol. The van der Waals surface area contributed by atoms with E-state index in [2.05, 4.69) is 27.7 Å². The molecule has 0 unspecified atom stereocenters. The van der Waals surface area contributed by atoms with E-state index in [1.807, 2.05) is 23.1 Å². The molecule has 1 aromatic carbocycles. The van der Waals surface area contributed by atoms with Crippen molar-refractivity contribution in [2.45, 2.75) is 71.1 Å². The molecule has 1 aliphatic carbocycles. The molecule has 2 aliphatic heterocycles. The fourth-order valence-corrected chi connectivity index (χ4v) is 4.26. The van der Waals surface area contributed by atoms with E-state index >= 15 is 0 Å². The van der Waals surface area contributed by atoms with Gasteiger partial charge in [-0.1, -0.05) is 25.0 Å². The van der Waals surface area contributed by atoms with E-state index in [1.165, 1.54) is 25.7 Å². The SMILES string of the molecule is CC1(C)OB(c2cccc3c2CN(CC2CCCC2)C3=O)OC1(C)C. The van der Waals surface area contributed by atoms with Crippen LogP contribution in [0.3, 0.4) is 0 Å². The van der Waals surface area contributed by atoms with Gasteiger partial charge in [-0.05, 0) is 63.5 Å². The first-order chi connectivity index (χ1) is 11.8. The Morgan fingerprint density at radius 3 is 2.40 bits per heavy atom. The van der Waals surface area contributed by atoms with Crippen LogP contribution in [-0.2, 0) is 15.9 Å². The third-order valence-electron chi connectivity index (χ3n) is 6.54. The van der Waals surface area contributed by atoms with Gasteiger partial charge in [0.2, 0.25) is 0 Å². The molecule has 0 aromatic heterocycles. The zero-order valence-corrected chi connectivity index (χ0v) is 15.8. The van der Waals surface area contributed by atoms with E-state index in [-0.39, 0.29) is 17.1 Å². The number of hydrogen-bond acceptors (Lipinski definition) is 3. The van der Waals surface area contributed by atoms with E-state index in [0.717, 1.165) is 23.1 Å². The van der Waals surface area contributed by atoms with Gasteiger partial charge in [0.05, 0.1) is 11.2 Å². The van der Waals surface area contributed by atoms with Gasteiger partial charge in [0.1, 0.15) is 0 Å². The molecule has 3 aliphatic rings. The molecule has 1 amide bonds. The van der Waals surface area contributed by atoms with Crippen LogP contribution in [0.2, 0.25) is 0 Å². The highest BCUT2D eigenvalue weighted by molar-refractivity contribution is 6.62. The second-order valence-corrected chi connectivity index (χ2v) is 8.80. The van der Waals surface area contributed by atoms with E-state index in [1.54, 1.807) is 0 Å². The molecule has 2 heterocycles. The fraction of sp³-hybridized carbons (Fsp3) is 0.650. The van der Waals surface area contributed by atoms with Crippen LogP contribution in [0.15, 0.2) is 18.2 Å². The number of fused-ring (bicyclic) bond motifs is 1. The molecule has 1 saturated heterocycles. The van der Waals surface area contributed by atoms with Crippen LogP contribution in [-0.4, -0.2) is 35.7 Å². The van der Waals surface area contributed by atoms with Crippen molar-refractivity contribution in [1.82, 2.24) is 4.90 Å². The van der Waals surface area contributed by atoms with E-state index < -0.39 is 7.12 Å². The quantitative estimate of drug-likeness (QED) is 0.793. The number of rotatable bonds is 3. The van der Waals surface area contributed by atoms with Crippen molar-refractivity contribution >= 4 is 18.5 Å². The first kappa shape index (κ1) is 17.1. The molecule has 0 N–H and O–H groups in total. The Morgan fingerprint density at radius 2 is 1.76 bits per heavy atom. The number of amides is 1. The third kappa shape index (κ3) is 2.82. The minimum absolute atomic E-state index is 0.167. The second-order valence-electron chi connectivity index (χ2n) is 8.80. The minimum Gasteiger partial charge on any atom is -0.399 e. The summed E-state index contributed by atoms with van der Waals surface area (Å²) in [5, 5.41) is 0. The van der Waals surface area contributed by atoms with Crippen LogP contribution < -0.4 is 5.46 Å². The Balaban J connectivity index is 1.59. The van der Waals surface area contributed by atoms with Crippen LogP contribution in [0, 0.1) is 5.92 Å².